The number of carbonyl (C=O) groups excluding carboxylic acids is 2. The fourth-order valence-electron chi connectivity index (χ4n) is 2.29. The van der Waals surface area contributed by atoms with Gasteiger partial charge in [-0.2, -0.15) is 0 Å². The molecule has 5 heteroatoms. The summed E-state index contributed by atoms with van der Waals surface area (Å²) < 4.78 is 0. The molecule has 0 heterocycles. The average molecular weight is 283 g/mol. The van der Waals surface area contributed by atoms with Crippen molar-refractivity contribution >= 4 is 11.8 Å². The lowest BCUT2D eigenvalue weighted by atomic mass is 9.95. The maximum absolute atomic E-state index is 12.0. The van der Waals surface area contributed by atoms with E-state index in [0.29, 0.717) is 18.5 Å². The maximum Gasteiger partial charge on any atom is 0.237 e. The molecule has 0 saturated heterocycles. The molecule has 0 aromatic rings. The van der Waals surface area contributed by atoms with Gasteiger partial charge in [-0.15, -0.1) is 0 Å². The Morgan fingerprint density at radius 3 is 2.35 bits per heavy atom. The molecule has 0 radical (unpaired) electrons. The minimum Gasteiger partial charge on any atom is -0.355 e. The topological polar surface area (TPSA) is 70.2 Å². The van der Waals surface area contributed by atoms with Crippen LogP contribution < -0.4 is 16.0 Å². The van der Waals surface area contributed by atoms with E-state index in [-0.39, 0.29) is 24.4 Å². The van der Waals surface area contributed by atoms with Crippen LogP contribution in [0.15, 0.2) is 0 Å². The van der Waals surface area contributed by atoms with Crippen LogP contribution in [0.2, 0.25) is 0 Å². The Hall–Kier alpha value is -1.10. The third kappa shape index (κ3) is 6.89. The predicted octanol–water partition coefficient (Wildman–Crippen LogP) is 1.19. The quantitative estimate of drug-likeness (QED) is 0.657. The highest BCUT2D eigenvalue weighted by molar-refractivity contribution is 5.83. The summed E-state index contributed by atoms with van der Waals surface area (Å²) in [5, 5.41) is 8.86. The normalized spacial score (nSPS) is 17.8. The van der Waals surface area contributed by atoms with Crippen molar-refractivity contribution in [3.63, 3.8) is 0 Å². The van der Waals surface area contributed by atoms with E-state index in [1.807, 2.05) is 13.8 Å². The van der Waals surface area contributed by atoms with Gasteiger partial charge in [-0.1, -0.05) is 33.1 Å². The van der Waals surface area contributed by atoms with Gasteiger partial charge in [0.15, 0.2) is 0 Å². The van der Waals surface area contributed by atoms with Gasteiger partial charge in [0, 0.05) is 12.6 Å². The lowest BCUT2D eigenvalue weighted by molar-refractivity contribution is -0.124. The van der Waals surface area contributed by atoms with E-state index in [9.17, 15) is 9.59 Å². The summed E-state index contributed by atoms with van der Waals surface area (Å²) >= 11 is 0. The molecule has 1 aliphatic rings. The van der Waals surface area contributed by atoms with Crippen LogP contribution >= 0.6 is 0 Å². The highest BCUT2D eigenvalue weighted by atomic mass is 16.2. The molecule has 1 unspecified atom stereocenters. The molecule has 1 saturated carbocycles. The Balaban J connectivity index is 2.18. The van der Waals surface area contributed by atoms with Crippen molar-refractivity contribution in [2.24, 2.45) is 5.92 Å². The van der Waals surface area contributed by atoms with E-state index in [2.05, 4.69) is 16.0 Å². The molecule has 1 rings (SSSR count). The van der Waals surface area contributed by atoms with Crippen LogP contribution in [0.4, 0.5) is 0 Å². The standard InChI is InChI=1S/C15H29N3O2/c1-11(2)9-17-14(19)10-16-12(3)15(20)18-13-7-5-4-6-8-13/h11-13,16H,4-10H2,1-3H3,(H,17,19)(H,18,20). The molecular formula is C15H29N3O2. The van der Waals surface area contributed by atoms with Gasteiger partial charge in [-0.3, -0.25) is 14.9 Å². The van der Waals surface area contributed by atoms with E-state index < -0.39 is 0 Å². The molecule has 1 fully saturated rings. The van der Waals surface area contributed by atoms with Gasteiger partial charge in [-0.05, 0) is 25.7 Å². The number of rotatable bonds is 7. The van der Waals surface area contributed by atoms with E-state index in [4.69, 9.17) is 0 Å². The van der Waals surface area contributed by atoms with Crippen molar-refractivity contribution < 1.29 is 9.59 Å². The molecule has 2 amide bonds. The molecule has 0 spiro atoms. The summed E-state index contributed by atoms with van der Waals surface area (Å²) in [6.45, 7) is 6.75. The van der Waals surface area contributed by atoms with Crippen molar-refractivity contribution in [3.8, 4) is 0 Å². The van der Waals surface area contributed by atoms with Crippen LogP contribution in [-0.2, 0) is 9.59 Å². The van der Waals surface area contributed by atoms with E-state index in [0.717, 1.165) is 12.8 Å². The summed E-state index contributed by atoms with van der Waals surface area (Å²) in [5.41, 5.74) is 0. The third-order valence-corrected chi connectivity index (χ3v) is 3.62. The van der Waals surface area contributed by atoms with E-state index in [1.165, 1.54) is 19.3 Å². The van der Waals surface area contributed by atoms with Gasteiger partial charge in [0.05, 0.1) is 12.6 Å². The maximum atomic E-state index is 12.0. The lowest BCUT2D eigenvalue weighted by Crippen LogP contribution is -2.49. The summed E-state index contributed by atoms with van der Waals surface area (Å²) in [6.07, 6.45) is 5.82. The summed E-state index contributed by atoms with van der Waals surface area (Å²) in [5.74, 6) is 0.371. The number of hydrogen-bond donors (Lipinski definition) is 3. The summed E-state index contributed by atoms with van der Waals surface area (Å²) in [4.78, 5) is 23.5. The van der Waals surface area contributed by atoms with Crippen LogP contribution in [0.5, 0.6) is 0 Å². The van der Waals surface area contributed by atoms with Gasteiger partial charge >= 0.3 is 0 Å². The van der Waals surface area contributed by atoms with Crippen LogP contribution in [0.1, 0.15) is 52.9 Å². The Kier molecular flexibility index (Phi) is 7.59. The minimum atomic E-state index is -0.332. The van der Waals surface area contributed by atoms with E-state index in [1.54, 1.807) is 6.92 Å². The van der Waals surface area contributed by atoms with Crippen LogP contribution in [0.3, 0.4) is 0 Å². The Labute approximate surface area is 122 Å². The van der Waals surface area contributed by atoms with Gasteiger partial charge in [0.2, 0.25) is 11.8 Å². The molecule has 116 valence electrons. The fraction of sp³-hybridized carbons (Fsp3) is 0.867. The van der Waals surface area contributed by atoms with Crippen molar-refractivity contribution in [3.05, 3.63) is 0 Å². The van der Waals surface area contributed by atoms with Crippen molar-refractivity contribution in [1.82, 2.24) is 16.0 Å². The Bertz CT molecular complexity index is 312. The van der Waals surface area contributed by atoms with Crippen LogP contribution in [-0.4, -0.2) is 37.0 Å². The number of carbonyl (C=O) groups is 2. The third-order valence-electron chi connectivity index (χ3n) is 3.62. The number of amides is 2. The van der Waals surface area contributed by atoms with Crippen molar-refractivity contribution in [1.29, 1.82) is 0 Å². The smallest absolute Gasteiger partial charge is 0.237 e. The van der Waals surface area contributed by atoms with Gasteiger partial charge in [0.25, 0.3) is 0 Å². The Morgan fingerprint density at radius 2 is 1.75 bits per heavy atom. The first-order valence-electron chi connectivity index (χ1n) is 7.79. The highest BCUT2D eigenvalue weighted by Gasteiger charge is 2.19. The minimum absolute atomic E-state index is 0.00596. The predicted molar refractivity (Wildman–Crippen MR) is 80.3 cm³/mol. The van der Waals surface area contributed by atoms with Gasteiger partial charge in [0.1, 0.15) is 0 Å². The summed E-state index contributed by atoms with van der Waals surface area (Å²) in [7, 11) is 0. The van der Waals surface area contributed by atoms with Gasteiger partial charge < -0.3 is 10.6 Å². The highest BCUT2D eigenvalue weighted by Crippen LogP contribution is 2.17. The first kappa shape index (κ1) is 17.0. The molecule has 0 bridgehead atoms. The molecule has 5 nitrogen and oxygen atoms in total. The fourth-order valence-corrected chi connectivity index (χ4v) is 2.29. The van der Waals surface area contributed by atoms with Crippen molar-refractivity contribution in [2.45, 2.75) is 65.0 Å². The molecule has 0 aromatic carbocycles. The second-order valence-electron chi connectivity index (χ2n) is 6.14. The zero-order valence-corrected chi connectivity index (χ0v) is 13.0. The largest absolute Gasteiger partial charge is 0.355 e. The first-order chi connectivity index (χ1) is 9.49. The second kappa shape index (κ2) is 8.95. The monoisotopic (exact) mass is 283 g/mol. The first-order valence-corrected chi connectivity index (χ1v) is 7.79. The van der Waals surface area contributed by atoms with E-state index >= 15 is 0 Å². The molecule has 0 aliphatic heterocycles. The SMILES string of the molecule is CC(C)CNC(=O)CNC(C)C(=O)NC1CCCCC1. The van der Waals surface area contributed by atoms with Gasteiger partial charge in [-0.25, -0.2) is 0 Å². The molecular weight excluding hydrogens is 254 g/mol. The zero-order chi connectivity index (χ0) is 15.0. The Morgan fingerprint density at radius 1 is 1.10 bits per heavy atom. The molecule has 3 N–H and O–H groups in total. The van der Waals surface area contributed by atoms with Crippen LogP contribution in [0, 0.1) is 5.92 Å². The number of hydrogen-bond acceptors (Lipinski definition) is 3. The number of nitrogens with one attached hydrogen (secondary N) is 3. The molecule has 20 heavy (non-hydrogen) atoms. The average Bonchev–Trinajstić information content (AvgIpc) is 2.43. The second-order valence-corrected chi connectivity index (χ2v) is 6.14. The van der Waals surface area contributed by atoms with Crippen LogP contribution in [0.25, 0.3) is 0 Å². The molecule has 1 aliphatic carbocycles. The zero-order valence-electron chi connectivity index (χ0n) is 13.0. The molecule has 0 aromatic heterocycles. The molecule has 1 atom stereocenters. The summed E-state index contributed by atoms with van der Waals surface area (Å²) in [6, 6.07) is -0.0167. The lowest BCUT2D eigenvalue weighted by Gasteiger charge is -2.24. The van der Waals surface area contributed by atoms with Crippen molar-refractivity contribution in [2.75, 3.05) is 13.1 Å².